The minimum absolute atomic E-state index is 0.0234. The highest BCUT2D eigenvalue weighted by molar-refractivity contribution is 7.12. The lowest BCUT2D eigenvalue weighted by molar-refractivity contribution is -0.468. The molecule has 0 aliphatic rings. The van der Waals surface area contributed by atoms with Gasteiger partial charge in [-0.25, -0.2) is 0 Å². The van der Waals surface area contributed by atoms with E-state index >= 15 is 0 Å². The summed E-state index contributed by atoms with van der Waals surface area (Å²) < 4.78 is 0.962. The predicted octanol–water partition coefficient (Wildman–Crippen LogP) is 1.88. The second kappa shape index (κ2) is 6.25. The Morgan fingerprint density at radius 1 is 1.25 bits per heavy atom. The molecule has 2 aromatic heterocycles. The summed E-state index contributed by atoms with van der Waals surface area (Å²) in [7, 11) is 0. The van der Waals surface area contributed by atoms with Crippen molar-refractivity contribution in [1.29, 1.82) is 0 Å². The zero-order valence-electron chi connectivity index (χ0n) is 12.7. The smallest absolute Gasteiger partial charge is 0.346 e. The average molecular weight is 343 g/mol. The highest BCUT2D eigenvalue weighted by Crippen LogP contribution is 2.13. The Hall–Kier alpha value is -3.00. The van der Waals surface area contributed by atoms with Crippen LogP contribution in [0.4, 0.5) is 0 Å². The molecule has 0 bridgehead atoms. The molecule has 0 aliphatic heterocycles. The Kier molecular flexibility index (Phi) is 4.13. The predicted molar refractivity (Wildman–Crippen MR) is 89.8 cm³/mol. The lowest BCUT2D eigenvalue weighted by Gasteiger charge is -2.16. The first-order valence-electron chi connectivity index (χ1n) is 7.10. The van der Waals surface area contributed by atoms with E-state index < -0.39 is 5.91 Å². The number of para-hydroxylation sites is 2. The minimum Gasteiger partial charge on any atom is -0.805 e. The van der Waals surface area contributed by atoms with Crippen LogP contribution in [0.25, 0.3) is 11.0 Å². The standard InChI is InChI=1S/C16H13N3O4S/c1-10-15(16(21)17-9-13(20)14-7-4-8-24-14)19(23)12-6-3-2-5-11(12)18(10)22/h2-8H,9H2,1H3,(H,17,21). The van der Waals surface area contributed by atoms with E-state index in [0.29, 0.717) is 14.0 Å². The first kappa shape index (κ1) is 15.9. The van der Waals surface area contributed by atoms with Crippen molar-refractivity contribution < 1.29 is 14.0 Å². The molecule has 3 rings (SSSR count). The van der Waals surface area contributed by atoms with Gasteiger partial charge in [-0.2, -0.15) is 0 Å². The summed E-state index contributed by atoms with van der Waals surface area (Å²) >= 11 is 1.27. The largest absolute Gasteiger partial charge is 0.805 e. The molecule has 0 radical (unpaired) electrons. The van der Waals surface area contributed by atoms with Crippen LogP contribution in [0.1, 0.15) is 25.9 Å². The summed E-state index contributed by atoms with van der Waals surface area (Å²) in [5.74, 6) is -1.02. The molecule has 0 saturated carbocycles. The molecular weight excluding hydrogens is 330 g/mol. The molecular formula is C16H13N3O4S. The number of nitrogens with one attached hydrogen (secondary N) is 1. The third-order valence-corrected chi connectivity index (χ3v) is 4.50. The number of benzene rings is 1. The maximum Gasteiger partial charge on any atom is 0.346 e. The summed E-state index contributed by atoms with van der Waals surface area (Å²) in [5.41, 5.74) is -0.0727. The molecule has 24 heavy (non-hydrogen) atoms. The quantitative estimate of drug-likeness (QED) is 0.578. The molecule has 0 unspecified atom stereocenters. The third-order valence-electron chi connectivity index (χ3n) is 3.59. The van der Waals surface area contributed by atoms with Crippen LogP contribution >= 0.6 is 11.3 Å². The fourth-order valence-corrected chi connectivity index (χ4v) is 3.04. The van der Waals surface area contributed by atoms with Crippen molar-refractivity contribution in [2.24, 2.45) is 0 Å². The summed E-state index contributed by atoms with van der Waals surface area (Å²) in [4.78, 5) is 37.2. The SMILES string of the molecule is Cc1c(C(=O)NCC(=O)c2cccs2)[n+](=O)c2ccccc2n1[O-]. The Bertz CT molecular complexity index is 992. The van der Waals surface area contributed by atoms with Gasteiger partial charge in [0.05, 0.1) is 21.5 Å². The number of fused-ring (bicyclic) bond motifs is 1. The van der Waals surface area contributed by atoms with Crippen molar-refractivity contribution >= 4 is 34.1 Å². The highest BCUT2D eigenvalue weighted by Gasteiger charge is 2.27. The molecule has 1 N–H and O–H groups in total. The summed E-state index contributed by atoms with van der Waals surface area (Å²) in [6.07, 6.45) is 0. The molecule has 0 spiro atoms. The molecule has 3 aromatic rings. The fourth-order valence-electron chi connectivity index (χ4n) is 2.38. The van der Waals surface area contributed by atoms with Crippen LogP contribution in [0, 0.1) is 17.0 Å². The van der Waals surface area contributed by atoms with Gasteiger partial charge >= 0.3 is 11.6 Å². The average Bonchev–Trinajstić information content (AvgIpc) is 3.12. The normalized spacial score (nSPS) is 10.7. The van der Waals surface area contributed by atoms with E-state index in [1.807, 2.05) is 0 Å². The third kappa shape index (κ3) is 2.67. The van der Waals surface area contributed by atoms with Gasteiger partial charge in [-0.05, 0) is 24.4 Å². The molecule has 0 aliphatic carbocycles. The second-order valence-electron chi connectivity index (χ2n) is 5.09. The zero-order chi connectivity index (χ0) is 17.3. The molecule has 1 aromatic carbocycles. The van der Waals surface area contributed by atoms with Crippen LogP contribution < -0.4 is 9.74 Å². The number of rotatable bonds is 4. The van der Waals surface area contributed by atoms with Gasteiger partial charge < -0.3 is 15.3 Å². The molecule has 1 amide bonds. The molecule has 0 saturated heterocycles. The Labute approximate surface area is 140 Å². The maximum atomic E-state index is 12.4. The number of Topliss-reactive ketones (excluding diaryl/α,β-unsaturated/α-hetero) is 1. The lowest BCUT2D eigenvalue weighted by Crippen LogP contribution is -2.38. The fraction of sp³-hybridized carbons (Fsp3) is 0.125. The molecule has 122 valence electrons. The highest BCUT2D eigenvalue weighted by atomic mass is 32.1. The second-order valence-corrected chi connectivity index (χ2v) is 6.04. The molecule has 0 fully saturated rings. The van der Waals surface area contributed by atoms with Crippen molar-refractivity contribution in [3.63, 3.8) is 0 Å². The van der Waals surface area contributed by atoms with Gasteiger partial charge in [-0.1, -0.05) is 18.2 Å². The maximum absolute atomic E-state index is 12.4. The van der Waals surface area contributed by atoms with Gasteiger partial charge in [0.15, 0.2) is 5.78 Å². The van der Waals surface area contributed by atoms with Crippen LogP contribution in [-0.2, 0) is 0 Å². The first-order valence-corrected chi connectivity index (χ1v) is 7.98. The van der Waals surface area contributed by atoms with E-state index in [4.69, 9.17) is 0 Å². The van der Waals surface area contributed by atoms with Gasteiger partial charge in [0, 0.05) is 11.0 Å². The Morgan fingerprint density at radius 3 is 2.71 bits per heavy atom. The zero-order valence-corrected chi connectivity index (χ0v) is 13.5. The van der Waals surface area contributed by atoms with Crippen LogP contribution in [0.3, 0.4) is 0 Å². The van der Waals surface area contributed by atoms with E-state index in [2.05, 4.69) is 5.32 Å². The Morgan fingerprint density at radius 2 is 2.00 bits per heavy atom. The van der Waals surface area contributed by atoms with E-state index in [0.717, 1.165) is 0 Å². The van der Waals surface area contributed by atoms with Gasteiger partial charge in [0.1, 0.15) is 5.52 Å². The number of carbonyl (C=O) groups is 2. The number of aromatic nitrogens is 2. The summed E-state index contributed by atoms with van der Waals surface area (Å²) in [6, 6.07) is 9.60. The van der Waals surface area contributed by atoms with Gasteiger partial charge in [-0.3, -0.25) is 9.59 Å². The van der Waals surface area contributed by atoms with Crippen LogP contribution in [-0.4, -0.2) is 23.0 Å². The number of hydrogen-bond donors (Lipinski definition) is 1. The summed E-state index contributed by atoms with van der Waals surface area (Å²) in [6.45, 7) is 1.15. The van der Waals surface area contributed by atoms with E-state index in [1.54, 1.807) is 29.6 Å². The topological polar surface area (TPSA) is 97.1 Å². The van der Waals surface area contributed by atoms with Gasteiger partial charge in [-0.15, -0.1) is 11.3 Å². The molecule has 7 nitrogen and oxygen atoms in total. The molecule has 0 atom stereocenters. The monoisotopic (exact) mass is 343 g/mol. The van der Waals surface area contributed by atoms with E-state index in [-0.39, 0.29) is 34.7 Å². The number of hydrogen-bond acceptors (Lipinski definition) is 5. The number of amides is 1. The molecule has 2 heterocycles. The van der Waals surface area contributed by atoms with Crippen LogP contribution in [0.5, 0.6) is 0 Å². The lowest BCUT2D eigenvalue weighted by atomic mass is 10.2. The van der Waals surface area contributed by atoms with Crippen molar-refractivity contribution in [3.8, 4) is 0 Å². The summed E-state index contributed by atoms with van der Waals surface area (Å²) in [5, 5.41) is 16.4. The molecule has 8 heteroatoms. The van der Waals surface area contributed by atoms with Gasteiger partial charge in [0.25, 0.3) is 5.52 Å². The van der Waals surface area contributed by atoms with E-state index in [1.165, 1.54) is 30.4 Å². The van der Waals surface area contributed by atoms with Crippen molar-refractivity contribution in [2.75, 3.05) is 6.54 Å². The number of ketones is 1. The van der Waals surface area contributed by atoms with Crippen LogP contribution in [0.2, 0.25) is 0 Å². The van der Waals surface area contributed by atoms with Crippen molar-refractivity contribution in [3.05, 3.63) is 68.2 Å². The Balaban J connectivity index is 1.93. The van der Waals surface area contributed by atoms with Gasteiger partial charge in [0.2, 0.25) is 0 Å². The minimum atomic E-state index is -0.761. The number of thiophene rings is 1. The van der Waals surface area contributed by atoms with Crippen molar-refractivity contribution in [1.82, 2.24) is 10.0 Å². The van der Waals surface area contributed by atoms with Crippen LogP contribution in [0.15, 0.2) is 41.8 Å². The van der Waals surface area contributed by atoms with Crippen molar-refractivity contribution in [2.45, 2.75) is 6.92 Å². The number of nitrogens with zero attached hydrogens (tertiary/aromatic N) is 2. The first-order chi connectivity index (χ1) is 11.5. The van der Waals surface area contributed by atoms with E-state index in [9.17, 15) is 19.7 Å². The number of carbonyl (C=O) groups excluding carboxylic acids is 2.